The van der Waals surface area contributed by atoms with Crippen LogP contribution < -0.4 is 10.0 Å². The van der Waals surface area contributed by atoms with Gasteiger partial charge in [-0.3, -0.25) is 9.52 Å². The molecule has 1 aromatic carbocycles. The number of nitrogens with zero attached hydrogens (tertiary/aromatic N) is 3. The third kappa shape index (κ3) is 4.48. The normalized spacial score (nSPS) is 11.8. The first-order valence-corrected chi connectivity index (χ1v) is 10.7. The van der Waals surface area contributed by atoms with E-state index in [2.05, 4.69) is 20.1 Å². The number of pyridine rings is 1. The molecule has 0 aliphatic carbocycles. The molecule has 0 fully saturated rings. The number of sulfonamides is 1. The maximum Gasteiger partial charge on any atom is 0.253 e. The Bertz CT molecular complexity index is 1140. The summed E-state index contributed by atoms with van der Waals surface area (Å²) in [7, 11) is -3.35. The smallest absolute Gasteiger partial charge is 0.253 e. The summed E-state index contributed by atoms with van der Waals surface area (Å²) in [6.07, 6.45) is 2.80. The number of anilines is 1. The van der Waals surface area contributed by atoms with Gasteiger partial charge in [0.15, 0.2) is 5.65 Å². The topological polar surface area (TPSA) is 106 Å². The molecule has 0 unspecified atom stereocenters. The summed E-state index contributed by atoms with van der Waals surface area (Å²) >= 11 is 0. The number of amides is 1. The van der Waals surface area contributed by atoms with E-state index in [4.69, 9.17) is 0 Å². The fourth-order valence-corrected chi connectivity index (χ4v) is 3.47. The van der Waals surface area contributed by atoms with Gasteiger partial charge >= 0.3 is 0 Å². The molecule has 1 amide bonds. The summed E-state index contributed by atoms with van der Waals surface area (Å²) in [6, 6.07) is 8.85. The first kappa shape index (κ1) is 19.8. The predicted octanol–water partition coefficient (Wildman–Crippen LogP) is 2.62. The SMILES string of the molecule is Cc1nc2c(cnn2C(C)C)cc1C(=O)NCc1cccc(NS(C)(=O)=O)c1. The van der Waals surface area contributed by atoms with Crippen LogP contribution in [0.1, 0.15) is 41.5 Å². The molecule has 2 heterocycles. The first-order chi connectivity index (χ1) is 13.1. The maximum atomic E-state index is 12.6. The van der Waals surface area contributed by atoms with Gasteiger partial charge in [0.25, 0.3) is 5.91 Å². The molecule has 0 aliphatic rings. The van der Waals surface area contributed by atoms with Gasteiger partial charge < -0.3 is 5.32 Å². The Morgan fingerprint density at radius 2 is 2.00 bits per heavy atom. The number of fused-ring (bicyclic) bond motifs is 1. The van der Waals surface area contributed by atoms with Crippen LogP contribution in [-0.2, 0) is 16.6 Å². The van der Waals surface area contributed by atoms with E-state index >= 15 is 0 Å². The summed E-state index contributed by atoms with van der Waals surface area (Å²) in [5.74, 6) is -0.245. The van der Waals surface area contributed by atoms with Gasteiger partial charge in [0, 0.05) is 23.7 Å². The zero-order valence-corrected chi connectivity index (χ0v) is 17.0. The van der Waals surface area contributed by atoms with Crippen molar-refractivity contribution in [2.45, 2.75) is 33.4 Å². The minimum absolute atomic E-state index is 0.178. The first-order valence-electron chi connectivity index (χ1n) is 8.84. The molecule has 0 radical (unpaired) electrons. The van der Waals surface area contributed by atoms with Gasteiger partial charge in [0.2, 0.25) is 10.0 Å². The number of nitrogens with one attached hydrogen (secondary N) is 2. The monoisotopic (exact) mass is 401 g/mol. The number of aryl methyl sites for hydroxylation is 1. The van der Waals surface area contributed by atoms with Crippen molar-refractivity contribution in [3.05, 3.63) is 53.3 Å². The zero-order valence-electron chi connectivity index (χ0n) is 16.2. The van der Waals surface area contributed by atoms with E-state index in [1.807, 2.05) is 24.6 Å². The second-order valence-corrected chi connectivity index (χ2v) is 8.72. The highest BCUT2D eigenvalue weighted by Gasteiger charge is 2.15. The summed E-state index contributed by atoms with van der Waals surface area (Å²) in [5.41, 5.74) is 3.10. The molecule has 0 saturated heterocycles. The lowest BCUT2D eigenvalue weighted by atomic mass is 10.1. The van der Waals surface area contributed by atoms with Crippen molar-refractivity contribution in [3.63, 3.8) is 0 Å². The Morgan fingerprint density at radius 3 is 2.68 bits per heavy atom. The molecule has 0 spiro atoms. The number of carbonyl (C=O) groups excluding carboxylic acids is 1. The molecule has 28 heavy (non-hydrogen) atoms. The quantitative estimate of drug-likeness (QED) is 0.660. The predicted molar refractivity (Wildman–Crippen MR) is 109 cm³/mol. The van der Waals surface area contributed by atoms with Crippen molar-refractivity contribution in [1.29, 1.82) is 0 Å². The van der Waals surface area contributed by atoms with E-state index in [-0.39, 0.29) is 18.5 Å². The van der Waals surface area contributed by atoms with E-state index in [0.29, 0.717) is 16.9 Å². The van der Waals surface area contributed by atoms with Gasteiger partial charge in [-0.2, -0.15) is 5.10 Å². The van der Waals surface area contributed by atoms with Crippen LogP contribution in [0.2, 0.25) is 0 Å². The molecule has 9 heteroatoms. The van der Waals surface area contributed by atoms with Crippen LogP contribution in [0.4, 0.5) is 5.69 Å². The Balaban J connectivity index is 1.77. The maximum absolute atomic E-state index is 12.6. The fraction of sp³-hybridized carbons (Fsp3) is 0.316. The summed E-state index contributed by atoms with van der Waals surface area (Å²) < 4.78 is 27.0. The molecular weight excluding hydrogens is 378 g/mol. The molecular formula is C19H23N5O3S. The molecule has 0 aliphatic heterocycles. The van der Waals surface area contributed by atoms with Crippen LogP contribution in [0.15, 0.2) is 36.5 Å². The van der Waals surface area contributed by atoms with Crippen molar-refractivity contribution >= 4 is 32.7 Å². The lowest BCUT2D eigenvalue weighted by Gasteiger charge is -2.11. The number of carbonyl (C=O) groups is 1. The summed E-state index contributed by atoms with van der Waals surface area (Å²) in [5, 5.41) is 8.00. The molecule has 148 valence electrons. The van der Waals surface area contributed by atoms with Gasteiger partial charge in [0.1, 0.15) is 0 Å². The van der Waals surface area contributed by atoms with E-state index in [1.165, 1.54) is 0 Å². The molecule has 0 atom stereocenters. The molecule has 3 rings (SSSR count). The van der Waals surface area contributed by atoms with Crippen LogP contribution in [-0.4, -0.2) is 35.3 Å². The lowest BCUT2D eigenvalue weighted by Crippen LogP contribution is -2.24. The number of hydrogen-bond donors (Lipinski definition) is 2. The number of aromatic nitrogens is 3. The third-order valence-electron chi connectivity index (χ3n) is 4.18. The highest BCUT2D eigenvalue weighted by atomic mass is 32.2. The molecule has 0 saturated carbocycles. The van der Waals surface area contributed by atoms with E-state index < -0.39 is 10.0 Å². The summed E-state index contributed by atoms with van der Waals surface area (Å²) in [4.78, 5) is 17.2. The van der Waals surface area contributed by atoms with Crippen molar-refractivity contribution in [2.24, 2.45) is 0 Å². The second kappa shape index (κ2) is 7.59. The Kier molecular flexibility index (Phi) is 5.37. The molecule has 0 bridgehead atoms. The number of benzene rings is 1. The minimum atomic E-state index is -3.35. The van der Waals surface area contributed by atoms with Crippen molar-refractivity contribution in [2.75, 3.05) is 11.0 Å². The summed E-state index contributed by atoms with van der Waals surface area (Å²) in [6.45, 7) is 6.11. The van der Waals surface area contributed by atoms with Crippen molar-refractivity contribution in [1.82, 2.24) is 20.1 Å². The van der Waals surface area contributed by atoms with Gasteiger partial charge in [-0.1, -0.05) is 12.1 Å². The molecule has 2 N–H and O–H groups in total. The van der Waals surface area contributed by atoms with Crippen LogP contribution in [0, 0.1) is 6.92 Å². The number of rotatable bonds is 6. The second-order valence-electron chi connectivity index (χ2n) is 6.97. The fourth-order valence-electron chi connectivity index (χ4n) is 2.91. The largest absolute Gasteiger partial charge is 0.348 e. The van der Waals surface area contributed by atoms with Gasteiger partial charge in [-0.25, -0.2) is 18.1 Å². The highest BCUT2D eigenvalue weighted by molar-refractivity contribution is 7.92. The molecule has 3 aromatic rings. The number of hydrogen-bond acceptors (Lipinski definition) is 5. The van der Waals surface area contributed by atoms with Crippen LogP contribution >= 0.6 is 0 Å². The Hall–Kier alpha value is -2.94. The molecule has 8 nitrogen and oxygen atoms in total. The van der Waals surface area contributed by atoms with Crippen LogP contribution in [0.5, 0.6) is 0 Å². The lowest BCUT2D eigenvalue weighted by molar-refractivity contribution is 0.0950. The molecule has 2 aromatic heterocycles. The van der Waals surface area contributed by atoms with Gasteiger partial charge in [-0.15, -0.1) is 0 Å². The third-order valence-corrected chi connectivity index (χ3v) is 4.78. The Labute approximate surface area is 164 Å². The van der Waals surface area contributed by atoms with E-state index in [1.54, 1.807) is 37.4 Å². The van der Waals surface area contributed by atoms with Gasteiger partial charge in [0.05, 0.1) is 23.7 Å². The van der Waals surface area contributed by atoms with Crippen LogP contribution in [0.3, 0.4) is 0 Å². The van der Waals surface area contributed by atoms with E-state index in [9.17, 15) is 13.2 Å². The highest BCUT2D eigenvalue weighted by Crippen LogP contribution is 2.19. The van der Waals surface area contributed by atoms with Crippen molar-refractivity contribution < 1.29 is 13.2 Å². The van der Waals surface area contributed by atoms with Crippen LogP contribution in [0.25, 0.3) is 11.0 Å². The van der Waals surface area contributed by atoms with Gasteiger partial charge in [-0.05, 0) is 44.5 Å². The minimum Gasteiger partial charge on any atom is -0.348 e. The Morgan fingerprint density at radius 1 is 1.25 bits per heavy atom. The van der Waals surface area contributed by atoms with Crippen molar-refractivity contribution in [3.8, 4) is 0 Å². The average Bonchev–Trinajstić information content (AvgIpc) is 3.00. The average molecular weight is 401 g/mol. The van der Waals surface area contributed by atoms with E-state index in [0.717, 1.165) is 22.9 Å². The zero-order chi connectivity index (χ0) is 20.5. The standard InChI is InChI=1S/C19H23N5O3S/c1-12(2)24-18-15(11-21-24)9-17(13(3)22-18)19(25)20-10-14-6-5-7-16(8-14)23-28(4,26)27/h5-9,11-12,23H,10H2,1-4H3,(H,20,25).